The molecule has 7 nitrogen and oxygen atoms in total. The first-order valence-corrected chi connectivity index (χ1v) is 9.75. The molecule has 0 aliphatic heterocycles. The number of thioether (sulfide) groups is 1. The molecule has 0 bridgehead atoms. The Hall–Kier alpha value is -2.39. The number of hydrogen-bond donors (Lipinski definition) is 1. The minimum atomic E-state index is -0.0893. The van der Waals surface area contributed by atoms with E-state index in [0.29, 0.717) is 22.8 Å². The van der Waals surface area contributed by atoms with Crippen molar-refractivity contribution in [3.05, 3.63) is 45.0 Å². The summed E-state index contributed by atoms with van der Waals surface area (Å²) < 4.78 is 7.26. The summed E-state index contributed by atoms with van der Waals surface area (Å²) in [6.07, 6.45) is 1.61. The van der Waals surface area contributed by atoms with E-state index in [0.717, 1.165) is 20.4 Å². The van der Waals surface area contributed by atoms with Gasteiger partial charge in [-0.3, -0.25) is 4.79 Å². The third kappa shape index (κ3) is 2.77. The van der Waals surface area contributed by atoms with Crippen molar-refractivity contribution >= 4 is 33.3 Å². The molecule has 4 aromatic heterocycles. The van der Waals surface area contributed by atoms with E-state index in [4.69, 9.17) is 4.42 Å². The van der Waals surface area contributed by atoms with Gasteiger partial charge < -0.3 is 14.0 Å². The third-order valence-electron chi connectivity index (χ3n) is 4.30. The van der Waals surface area contributed by atoms with Gasteiger partial charge in [0.05, 0.1) is 16.9 Å². The topological polar surface area (TPSA) is 89.6 Å². The van der Waals surface area contributed by atoms with Gasteiger partial charge in [-0.05, 0) is 38.5 Å². The Morgan fingerprint density at radius 3 is 2.88 bits per heavy atom. The molecule has 1 atom stereocenters. The molecule has 0 amide bonds. The number of aryl methyl sites for hydroxylation is 2. The van der Waals surface area contributed by atoms with Crippen molar-refractivity contribution in [2.45, 2.75) is 31.2 Å². The van der Waals surface area contributed by atoms with Crippen molar-refractivity contribution < 1.29 is 4.42 Å². The van der Waals surface area contributed by atoms with Crippen molar-refractivity contribution in [3.8, 4) is 11.6 Å². The monoisotopic (exact) mass is 387 g/mol. The smallest absolute Gasteiger partial charge is 0.259 e. The van der Waals surface area contributed by atoms with Gasteiger partial charge in [0.15, 0.2) is 16.7 Å². The predicted molar refractivity (Wildman–Crippen MR) is 103 cm³/mol. The average molecular weight is 387 g/mol. The van der Waals surface area contributed by atoms with E-state index >= 15 is 0 Å². The fraction of sp³-hybridized carbons (Fsp3) is 0.294. The minimum Gasteiger partial charge on any atom is -0.461 e. The highest BCUT2D eigenvalue weighted by Crippen LogP contribution is 2.34. The number of H-pyrrole nitrogens is 1. The van der Waals surface area contributed by atoms with Crippen LogP contribution in [0.2, 0.25) is 0 Å². The molecule has 4 heterocycles. The number of furan rings is 1. The van der Waals surface area contributed by atoms with Crippen LogP contribution in [0, 0.1) is 13.8 Å². The van der Waals surface area contributed by atoms with Crippen LogP contribution in [-0.4, -0.2) is 24.7 Å². The second-order valence-corrected chi connectivity index (χ2v) is 8.53. The highest BCUT2D eigenvalue weighted by atomic mass is 32.2. The minimum absolute atomic E-state index is 0.0813. The number of nitrogens with one attached hydrogen (secondary N) is 1. The number of rotatable bonds is 4. The maximum Gasteiger partial charge on any atom is 0.259 e. The van der Waals surface area contributed by atoms with Crippen LogP contribution in [-0.2, 0) is 7.05 Å². The first-order chi connectivity index (χ1) is 12.5. The molecule has 4 rings (SSSR count). The molecule has 0 fully saturated rings. The third-order valence-corrected chi connectivity index (χ3v) is 6.55. The lowest BCUT2D eigenvalue weighted by molar-refractivity contribution is 0.572. The van der Waals surface area contributed by atoms with Crippen LogP contribution in [0.25, 0.3) is 21.8 Å². The van der Waals surface area contributed by atoms with Crippen LogP contribution >= 0.6 is 23.1 Å². The summed E-state index contributed by atoms with van der Waals surface area (Å²) in [5.74, 6) is 1.96. The molecule has 0 radical (unpaired) electrons. The summed E-state index contributed by atoms with van der Waals surface area (Å²) >= 11 is 3.04. The first kappa shape index (κ1) is 17.0. The number of nitrogens with zero attached hydrogens (tertiary/aromatic N) is 4. The molecule has 0 saturated heterocycles. The second kappa shape index (κ2) is 6.40. The van der Waals surface area contributed by atoms with Gasteiger partial charge in [-0.2, -0.15) is 0 Å². The summed E-state index contributed by atoms with van der Waals surface area (Å²) in [5, 5.41) is 9.77. The van der Waals surface area contributed by atoms with E-state index < -0.39 is 0 Å². The van der Waals surface area contributed by atoms with Gasteiger partial charge in [-0.25, -0.2) is 4.98 Å². The molecule has 0 aliphatic rings. The fourth-order valence-corrected chi connectivity index (χ4v) is 4.62. The molecule has 1 N–H and O–H groups in total. The lowest BCUT2D eigenvalue weighted by Gasteiger charge is -2.10. The summed E-state index contributed by atoms with van der Waals surface area (Å²) in [6, 6.07) is 3.66. The Morgan fingerprint density at radius 1 is 1.35 bits per heavy atom. The van der Waals surface area contributed by atoms with Crippen LogP contribution in [0.15, 0.2) is 32.8 Å². The van der Waals surface area contributed by atoms with E-state index in [1.54, 1.807) is 17.6 Å². The molecule has 4 aromatic rings. The molecule has 0 unspecified atom stereocenters. The normalized spacial score (nSPS) is 12.8. The Balaban J connectivity index is 1.66. The number of aromatic amines is 1. The maximum atomic E-state index is 12.5. The van der Waals surface area contributed by atoms with E-state index in [-0.39, 0.29) is 10.8 Å². The number of thiophene rings is 1. The lowest BCUT2D eigenvalue weighted by atomic mass is 10.2. The molecule has 134 valence electrons. The standard InChI is InChI=1S/C17H17N5O2S2/c1-8-9(2)25-16-12(8)15(23)18-13(19-16)10(3)26-17-21-20-14(22(17)4)11-6-5-7-24-11/h5-7,10H,1-4H3,(H,18,19,23)/t10-/m1/s1. The van der Waals surface area contributed by atoms with Crippen LogP contribution in [0.5, 0.6) is 0 Å². The Bertz CT molecular complexity index is 1140. The Morgan fingerprint density at radius 2 is 2.15 bits per heavy atom. The van der Waals surface area contributed by atoms with Crippen molar-refractivity contribution in [3.63, 3.8) is 0 Å². The van der Waals surface area contributed by atoms with Crippen molar-refractivity contribution in [2.24, 2.45) is 7.05 Å². The van der Waals surface area contributed by atoms with Gasteiger partial charge in [-0.1, -0.05) is 11.8 Å². The Kier molecular flexibility index (Phi) is 4.20. The molecular weight excluding hydrogens is 370 g/mol. The molecule has 0 saturated carbocycles. The lowest BCUT2D eigenvalue weighted by Crippen LogP contribution is -2.12. The number of fused-ring (bicyclic) bond motifs is 1. The molecule has 9 heteroatoms. The van der Waals surface area contributed by atoms with E-state index in [2.05, 4.69) is 20.2 Å². The number of hydrogen-bond acceptors (Lipinski definition) is 7. The van der Waals surface area contributed by atoms with Gasteiger partial charge >= 0.3 is 0 Å². The summed E-state index contributed by atoms with van der Waals surface area (Å²) in [4.78, 5) is 22.0. The predicted octanol–water partition coefficient (Wildman–Crippen LogP) is 3.84. The Labute approximate surface area is 157 Å². The average Bonchev–Trinajstić information content (AvgIpc) is 3.30. The molecule has 26 heavy (non-hydrogen) atoms. The van der Waals surface area contributed by atoms with Crippen LogP contribution in [0.4, 0.5) is 0 Å². The van der Waals surface area contributed by atoms with E-state index in [1.807, 2.05) is 44.5 Å². The van der Waals surface area contributed by atoms with Crippen molar-refractivity contribution in [2.75, 3.05) is 0 Å². The highest BCUT2D eigenvalue weighted by molar-refractivity contribution is 7.99. The van der Waals surface area contributed by atoms with Crippen molar-refractivity contribution in [1.82, 2.24) is 24.7 Å². The SMILES string of the molecule is Cc1sc2nc([C@@H](C)Sc3nnc(-c4ccco4)n3C)[nH]c(=O)c2c1C. The van der Waals surface area contributed by atoms with E-state index in [1.165, 1.54) is 11.8 Å². The zero-order valence-electron chi connectivity index (χ0n) is 14.7. The zero-order valence-corrected chi connectivity index (χ0v) is 16.4. The molecular formula is C17H17N5O2S2. The second-order valence-electron chi connectivity index (χ2n) is 6.02. The van der Waals surface area contributed by atoms with Gasteiger partial charge in [-0.15, -0.1) is 21.5 Å². The zero-order chi connectivity index (χ0) is 18.4. The molecule has 0 aliphatic carbocycles. The van der Waals surface area contributed by atoms with Gasteiger partial charge in [0.2, 0.25) is 0 Å². The van der Waals surface area contributed by atoms with E-state index in [9.17, 15) is 4.79 Å². The maximum absolute atomic E-state index is 12.5. The molecule has 0 spiro atoms. The summed E-state index contributed by atoms with van der Waals surface area (Å²) in [5.41, 5.74) is 0.913. The largest absolute Gasteiger partial charge is 0.461 e. The number of aromatic nitrogens is 5. The molecule has 0 aromatic carbocycles. The van der Waals surface area contributed by atoms with Crippen LogP contribution < -0.4 is 5.56 Å². The van der Waals surface area contributed by atoms with Gasteiger partial charge in [0.1, 0.15) is 10.7 Å². The quantitative estimate of drug-likeness (QED) is 0.535. The summed E-state index contributed by atoms with van der Waals surface area (Å²) in [7, 11) is 1.89. The van der Waals surface area contributed by atoms with Gasteiger partial charge in [0.25, 0.3) is 5.56 Å². The van der Waals surface area contributed by atoms with Crippen molar-refractivity contribution in [1.29, 1.82) is 0 Å². The van der Waals surface area contributed by atoms with Gasteiger partial charge in [0, 0.05) is 11.9 Å². The van der Waals surface area contributed by atoms with Crippen LogP contribution in [0.3, 0.4) is 0 Å². The first-order valence-electron chi connectivity index (χ1n) is 8.05. The highest BCUT2D eigenvalue weighted by Gasteiger charge is 2.20. The van der Waals surface area contributed by atoms with Crippen LogP contribution in [0.1, 0.15) is 28.4 Å². The fourth-order valence-electron chi connectivity index (χ4n) is 2.72. The summed E-state index contributed by atoms with van der Waals surface area (Å²) in [6.45, 7) is 5.96.